The Morgan fingerprint density at radius 1 is 1.22 bits per heavy atom. The summed E-state index contributed by atoms with van der Waals surface area (Å²) in [5.74, 6) is -1.32. The average Bonchev–Trinajstić information content (AvgIpc) is 2.99. The summed E-state index contributed by atoms with van der Waals surface area (Å²) in [6, 6.07) is 11.3. The van der Waals surface area contributed by atoms with E-state index in [-0.39, 0.29) is 5.78 Å². The molecule has 23 heavy (non-hydrogen) atoms. The van der Waals surface area contributed by atoms with E-state index in [1.54, 1.807) is 12.1 Å². The van der Waals surface area contributed by atoms with Crippen molar-refractivity contribution in [3.8, 4) is 0 Å². The number of carboxylic acid groups (broad SMARTS) is 1. The first-order valence-electron chi connectivity index (χ1n) is 8.18. The van der Waals surface area contributed by atoms with Crippen LogP contribution < -0.4 is 0 Å². The minimum Gasteiger partial charge on any atom is -0.481 e. The summed E-state index contributed by atoms with van der Waals surface area (Å²) in [6.45, 7) is 2.81. The highest BCUT2D eigenvalue weighted by Gasteiger charge is 2.29. The number of benzene rings is 1. The number of rotatable bonds is 5. The Morgan fingerprint density at radius 3 is 2.74 bits per heavy atom. The monoisotopic (exact) mass is 311 g/mol. The third kappa shape index (κ3) is 2.81. The molecule has 2 heterocycles. The predicted molar refractivity (Wildman–Crippen MR) is 87.9 cm³/mol. The Labute approximate surface area is 135 Å². The van der Waals surface area contributed by atoms with Gasteiger partial charge in [-0.1, -0.05) is 37.6 Å². The van der Waals surface area contributed by atoms with Gasteiger partial charge in [0.2, 0.25) is 5.78 Å². The lowest BCUT2D eigenvalue weighted by atomic mass is 9.96. The highest BCUT2D eigenvalue weighted by molar-refractivity contribution is 6.09. The molecule has 120 valence electrons. The fourth-order valence-electron chi connectivity index (χ4n) is 3.45. The summed E-state index contributed by atoms with van der Waals surface area (Å²) in [6.07, 6.45) is 3.28. The van der Waals surface area contributed by atoms with Crippen LogP contribution in [0.15, 0.2) is 36.4 Å². The molecule has 1 unspecified atom stereocenters. The topological polar surface area (TPSA) is 59.3 Å². The van der Waals surface area contributed by atoms with Crippen LogP contribution in [0.1, 0.15) is 59.4 Å². The molecule has 1 aromatic heterocycles. The number of aromatic nitrogens is 1. The van der Waals surface area contributed by atoms with E-state index in [9.17, 15) is 14.7 Å². The molecule has 4 heteroatoms. The zero-order chi connectivity index (χ0) is 16.4. The van der Waals surface area contributed by atoms with Crippen LogP contribution in [0.2, 0.25) is 0 Å². The number of hydrogen-bond donors (Lipinski definition) is 1. The van der Waals surface area contributed by atoms with Gasteiger partial charge in [-0.25, -0.2) is 0 Å². The lowest BCUT2D eigenvalue weighted by molar-refractivity contribution is -0.139. The first-order valence-corrected chi connectivity index (χ1v) is 8.18. The Balaban J connectivity index is 2.01. The van der Waals surface area contributed by atoms with E-state index in [0.29, 0.717) is 18.7 Å². The van der Waals surface area contributed by atoms with Gasteiger partial charge < -0.3 is 9.67 Å². The van der Waals surface area contributed by atoms with Crippen LogP contribution in [0.3, 0.4) is 0 Å². The van der Waals surface area contributed by atoms with E-state index < -0.39 is 11.9 Å². The van der Waals surface area contributed by atoms with Gasteiger partial charge in [-0.3, -0.25) is 9.59 Å². The molecule has 0 fully saturated rings. The van der Waals surface area contributed by atoms with E-state index >= 15 is 0 Å². The van der Waals surface area contributed by atoms with E-state index in [1.165, 1.54) is 0 Å². The van der Waals surface area contributed by atoms with Crippen molar-refractivity contribution in [2.45, 2.75) is 45.1 Å². The van der Waals surface area contributed by atoms with Crippen molar-refractivity contribution in [1.82, 2.24) is 4.57 Å². The molecule has 1 atom stereocenters. The average molecular weight is 311 g/mol. The minimum absolute atomic E-state index is 0.00802. The van der Waals surface area contributed by atoms with Crippen molar-refractivity contribution in [3.63, 3.8) is 0 Å². The van der Waals surface area contributed by atoms with Crippen LogP contribution in [-0.2, 0) is 17.8 Å². The van der Waals surface area contributed by atoms with Crippen LogP contribution in [-0.4, -0.2) is 21.4 Å². The molecule has 1 aromatic carbocycles. The molecule has 2 aromatic rings. The number of fused-ring (bicyclic) bond motifs is 1. The fourth-order valence-corrected chi connectivity index (χ4v) is 3.45. The van der Waals surface area contributed by atoms with Crippen molar-refractivity contribution in [2.75, 3.05) is 0 Å². The summed E-state index contributed by atoms with van der Waals surface area (Å²) < 4.78 is 1.90. The van der Waals surface area contributed by atoms with E-state index in [2.05, 4.69) is 6.92 Å². The first kappa shape index (κ1) is 15.5. The lowest BCUT2D eigenvalue weighted by Crippen LogP contribution is -2.24. The van der Waals surface area contributed by atoms with Crippen molar-refractivity contribution in [1.29, 1.82) is 0 Å². The van der Waals surface area contributed by atoms with E-state index in [0.717, 1.165) is 36.1 Å². The van der Waals surface area contributed by atoms with Crippen LogP contribution in [0.25, 0.3) is 0 Å². The van der Waals surface area contributed by atoms with Gasteiger partial charge in [0.25, 0.3) is 0 Å². The molecule has 1 aliphatic heterocycles. The molecule has 1 aliphatic rings. The number of ketones is 1. The van der Waals surface area contributed by atoms with Gasteiger partial charge in [-0.15, -0.1) is 0 Å². The molecular weight excluding hydrogens is 290 g/mol. The second-order valence-electron chi connectivity index (χ2n) is 6.06. The quantitative estimate of drug-likeness (QED) is 0.858. The number of hydrogen-bond acceptors (Lipinski definition) is 2. The number of aryl methyl sites for hydroxylation is 1. The summed E-state index contributed by atoms with van der Waals surface area (Å²) in [4.78, 5) is 24.4. The Bertz CT molecular complexity index is 745. The normalized spacial score (nSPS) is 16.8. The Hall–Kier alpha value is -2.36. The SMILES string of the molecule is CCCc1ccccc1C(=O)c1ccc2n1CCCC2C(=O)O. The van der Waals surface area contributed by atoms with Gasteiger partial charge in [0, 0.05) is 17.8 Å². The zero-order valence-electron chi connectivity index (χ0n) is 13.3. The molecule has 0 spiro atoms. The molecular formula is C19H21NO3. The van der Waals surface area contributed by atoms with Gasteiger partial charge in [0.1, 0.15) is 0 Å². The molecule has 0 saturated carbocycles. The molecule has 0 aliphatic carbocycles. The number of carbonyl (C=O) groups excluding carboxylic acids is 1. The van der Waals surface area contributed by atoms with Crippen molar-refractivity contribution in [2.24, 2.45) is 0 Å². The molecule has 3 rings (SSSR count). The van der Waals surface area contributed by atoms with Crippen LogP contribution in [0, 0.1) is 0 Å². The van der Waals surface area contributed by atoms with Crippen LogP contribution in [0.4, 0.5) is 0 Å². The molecule has 0 bridgehead atoms. The van der Waals surface area contributed by atoms with E-state index in [4.69, 9.17) is 0 Å². The van der Waals surface area contributed by atoms with Crippen molar-refractivity contribution in [3.05, 3.63) is 58.9 Å². The van der Waals surface area contributed by atoms with Gasteiger partial charge in [0.05, 0.1) is 11.6 Å². The standard InChI is InChI=1S/C19H21NO3/c1-2-6-13-7-3-4-8-14(13)18(21)17-11-10-16-15(19(22)23)9-5-12-20(16)17/h3-4,7-8,10-11,15H,2,5-6,9,12H2,1H3,(H,22,23). The van der Waals surface area contributed by atoms with Gasteiger partial charge in [-0.05, 0) is 37.0 Å². The second-order valence-corrected chi connectivity index (χ2v) is 6.06. The maximum Gasteiger partial charge on any atom is 0.312 e. The summed E-state index contributed by atoms with van der Waals surface area (Å²) in [7, 11) is 0. The molecule has 1 N–H and O–H groups in total. The summed E-state index contributed by atoms with van der Waals surface area (Å²) in [5, 5.41) is 9.37. The number of nitrogens with zero attached hydrogens (tertiary/aromatic N) is 1. The maximum absolute atomic E-state index is 13.0. The second kappa shape index (κ2) is 6.41. The highest BCUT2D eigenvalue weighted by Crippen LogP contribution is 2.30. The van der Waals surface area contributed by atoms with Gasteiger partial charge >= 0.3 is 5.97 Å². The Morgan fingerprint density at radius 2 is 2.00 bits per heavy atom. The highest BCUT2D eigenvalue weighted by atomic mass is 16.4. The Kier molecular flexibility index (Phi) is 4.33. The van der Waals surface area contributed by atoms with Crippen LogP contribution in [0.5, 0.6) is 0 Å². The fraction of sp³-hybridized carbons (Fsp3) is 0.368. The summed E-state index contributed by atoms with van der Waals surface area (Å²) in [5.41, 5.74) is 3.14. The molecule has 4 nitrogen and oxygen atoms in total. The van der Waals surface area contributed by atoms with Crippen molar-refractivity contribution < 1.29 is 14.7 Å². The zero-order valence-corrected chi connectivity index (χ0v) is 13.3. The van der Waals surface area contributed by atoms with Gasteiger partial charge in [0.15, 0.2) is 0 Å². The third-order valence-electron chi connectivity index (χ3n) is 4.56. The number of aliphatic carboxylic acids is 1. The first-order chi connectivity index (χ1) is 11.1. The van der Waals surface area contributed by atoms with Crippen molar-refractivity contribution >= 4 is 11.8 Å². The predicted octanol–water partition coefficient (Wildman–Crippen LogP) is 3.63. The molecule has 0 saturated heterocycles. The van der Waals surface area contributed by atoms with Crippen LogP contribution >= 0.6 is 0 Å². The molecule has 0 radical (unpaired) electrons. The minimum atomic E-state index is -0.811. The number of carboxylic acids is 1. The third-order valence-corrected chi connectivity index (χ3v) is 4.56. The smallest absolute Gasteiger partial charge is 0.312 e. The summed E-state index contributed by atoms with van der Waals surface area (Å²) >= 11 is 0. The van der Waals surface area contributed by atoms with Gasteiger partial charge in [-0.2, -0.15) is 0 Å². The maximum atomic E-state index is 13.0. The lowest BCUT2D eigenvalue weighted by Gasteiger charge is -2.23. The number of carbonyl (C=O) groups is 2. The van der Waals surface area contributed by atoms with E-state index in [1.807, 2.05) is 28.8 Å². The molecule has 0 amide bonds. The largest absolute Gasteiger partial charge is 0.481 e.